The number of nitrogens with zero attached hydrogens (tertiary/aromatic N) is 1. The second kappa shape index (κ2) is 6.57. The highest BCUT2D eigenvalue weighted by Gasteiger charge is 2.21. The Bertz CT molecular complexity index is 1080. The van der Waals surface area contributed by atoms with Crippen LogP contribution in [-0.2, 0) is 6.54 Å². The van der Waals surface area contributed by atoms with E-state index in [2.05, 4.69) is 26.2 Å². The summed E-state index contributed by atoms with van der Waals surface area (Å²) in [5.74, 6) is -0.519. The average molecular weight is 416 g/mol. The first-order valence-electron chi connectivity index (χ1n) is 8.15. The summed E-state index contributed by atoms with van der Waals surface area (Å²) in [4.78, 5) is 29.4. The maximum Gasteiger partial charge on any atom is 0.253 e. The molecule has 2 heterocycles. The summed E-state index contributed by atoms with van der Waals surface area (Å²) in [6.45, 7) is 1.42. The molecule has 2 N–H and O–H groups in total. The van der Waals surface area contributed by atoms with Crippen molar-refractivity contribution in [3.05, 3.63) is 74.2 Å². The zero-order valence-corrected chi connectivity index (χ0v) is 15.3. The van der Waals surface area contributed by atoms with Crippen molar-refractivity contribution in [3.63, 3.8) is 0 Å². The second-order valence-corrected chi connectivity index (χ2v) is 7.11. The van der Waals surface area contributed by atoms with E-state index in [0.717, 1.165) is 15.5 Å². The lowest BCUT2D eigenvalue weighted by atomic mass is 10.1. The maximum atomic E-state index is 13.4. The molecule has 3 aromatic rings. The molecular formula is C19H15BrFN3O2. The molecule has 0 unspecified atom stereocenters. The molecule has 0 fully saturated rings. The van der Waals surface area contributed by atoms with Gasteiger partial charge in [-0.25, -0.2) is 4.39 Å². The van der Waals surface area contributed by atoms with Gasteiger partial charge in [-0.3, -0.25) is 9.59 Å². The third kappa shape index (κ3) is 3.10. The zero-order valence-electron chi connectivity index (χ0n) is 13.7. The van der Waals surface area contributed by atoms with E-state index in [1.54, 1.807) is 18.2 Å². The number of halogens is 2. The Balaban J connectivity index is 1.76. The van der Waals surface area contributed by atoms with Crippen molar-refractivity contribution in [1.82, 2.24) is 10.3 Å². The molecule has 0 spiro atoms. The van der Waals surface area contributed by atoms with Crippen molar-refractivity contribution in [1.29, 1.82) is 0 Å². The van der Waals surface area contributed by atoms with Crippen molar-refractivity contribution in [2.45, 2.75) is 6.54 Å². The van der Waals surface area contributed by atoms with Gasteiger partial charge in [0.25, 0.3) is 11.5 Å². The Morgan fingerprint density at radius 1 is 1.12 bits per heavy atom. The molecule has 1 aromatic heterocycles. The van der Waals surface area contributed by atoms with Crippen molar-refractivity contribution < 1.29 is 9.18 Å². The van der Waals surface area contributed by atoms with Crippen LogP contribution in [0.15, 0.2) is 51.7 Å². The normalized spacial score (nSPS) is 14.1. The molecule has 4 rings (SSSR count). The molecule has 1 amide bonds. The van der Waals surface area contributed by atoms with Gasteiger partial charge in [0.2, 0.25) is 0 Å². The maximum absolute atomic E-state index is 13.4. The zero-order chi connectivity index (χ0) is 18.3. The molecule has 5 nitrogen and oxygen atoms in total. The highest BCUT2D eigenvalue weighted by Crippen LogP contribution is 2.28. The smallest absolute Gasteiger partial charge is 0.253 e. The second-order valence-electron chi connectivity index (χ2n) is 6.19. The summed E-state index contributed by atoms with van der Waals surface area (Å²) in [6.07, 6.45) is 0. The van der Waals surface area contributed by atoms with Gasteiger partial charge in [0.15, 0.2) is 0 Å². The molecule has 0 aliphatic carbocycles. The molecule has 0 saturated carbocycles. The molecule has 26 heavy (non-hydrogen) atoms. The van der Waals surface area contributed by atoms with E-state index >= 15 is 0 Å². The Morgan fingerprint density at radius 3 is 2.81 bits per heavy atom. The number of anilines is 1. The van der Waals surface area contributed by atoms with E-state index in [1.807, 2.05) is 17.0 Å². The fourth-order valence-electron chi connectivity index (χ4n) is 3.18. The SMILES string of the molecule is O=C1NCCN(Cc2cc3ccc(F)cc3[nH]c2=O)c2cc(Br)ccc21. The first-order chi connectivity index (χ1) is 12.5. The van der Waals surface area contributed by atoms with Gasteiger partial charge < -0.3 is 15.2 Å². The number of benzene rings is 2. The van der Waals surface area contributed by atoms with Crippen molar-refractivity contribution in [2.75, 3.05) is 18.0 Å². The number of H-pyrrole nitrogens is 1. The number of fused-ring (bicyclic) bond motifs is 2. The van der Waals surface area contributed by atoms with Gasteiger partial charge in [-0.1, -0.05) is 15.9 Å². The van der Waals surface area contributed by atoms with Crippen LogP contribution in [0, 0.1) is 5.82 Å². The topological polar surface area (TPSA) is 65.2 Å². The van der Waals surface area contributed by atoms with Crippen molar-refractivity contribution in [3.8, 4) is 0 Å². The van der Waals surface area contributed by atoms with Crippen LogP contribution < -0.4 is 15.8 Å². The molecule has 0 radical (unpaired) electrons. The van der Waals surface area contributed by atoms with Crippen LogP contribution in [0.1, 0.15) is 15.9 Å². The summed E-state index contributed by atoms with van der Waals surface area (Å²) in [5, 5.41) is 3.63. The van der Waals surface area contributed by atoms with Gasteiger partial charge in [0, 0.05) is 29.7 Å². The van der Waals surface area contributed by atoms with Crippen molar-refractivity contribution >= 4 is 38.4 Å². The molecule has 2 aromatic carbocycles. The summed E-state index contributed by atoms with van der Waals surface area (Å²) in [5.41, 5.74) is 2.11. The predicted molar refractivity (Wildman–Crippen MR) is 102 cm³/mol. The molecule has 1 aliphatic rings. The number of aromatic nitrogens is 1. The number of nitrogens with one attached hydrogen (secondary N) is 2. The van der Waals surface area contributed by atoms with Crippen LogP contribution in [0.5, 0.6) is 0 Å². The molecule has 1 aliphatic heterocycles. The van der Waals surface area contributed by atoms with Crippen LogP contribution in [0.4, 0.5) is 10.1 Å². The number of carbonyl (C=O) groups excluding carboxylic acids is 1. The van der Waals surface area contributed by atoms with Crippen molar-refractivity contribution in [2.24, 2.45) is 0 Å². The molecular weight excluding hydrogens is 401 g/mol. The number of aromatic amines is 1. The van der Waals surface area contributed by atoms with Crippen LogP contribution in [0.25, 0.3) is 10.9 Å². The van der Waals surface area contributed by atoms with Gasteiger partial charge in [0.05, 0.1) is 16.8 Å². The molecule has 7 heteroatoms. The fraction of sp³-hybridized carbons (Fsp3) is 0.158. The van der Waals surface area contributed by atoms with Gasteiger partial charge in [-0.2, -0.15) is 0 Å². The number of carbonyl (C=O) groups is 1. The lowest BCUT2D eigenvalue weighted by Crippen LogP contribution is -2.31. The Labute approximate surface area is 157 Å². The lowest BCUT2D eigenvalue weighted by molar-refractivity contribution is 0.0958. The van der Waals surface area contributed by atoms with E-state index in [0.29, 0.717) is 36.3 Å². The van der Waals surface area contributed by atoms with Gasteiger partial charge in [-0.05, 0) is 47.9 Å². The summed E-state index contributed by atoms with van der Waals surface area (Å²) in [6, 6.07) is 11.5. The van der Waals surface area contributed by atoms with Crippen LogP contribution in [0.2, 0.25) is 0 Å². The van der Waals surface area contributed by atoms with Gasteiger partial charge in [0.1, 0.15) is 5.82 Å². The highest BCUT2D eigenvalue weighted by atomic mass is 79.9. The van der Waals surface area contributed by atoms with Gasteiger partial charge >= 0.3 is 0 Å². The van der Waals surface area contributed by atoms with E-state index in [9.17, 15) is 14.0 Å². The Morgan fingerprint density at radius 2 is 1.96 bits per heavy atom. The molecule has 0 bridgehead atoms. The minimum atomic E-state index is -0.392. The number of hydrogen-bond acceptors (Lipinski definition) is 3. The number of amides is 1. The summed E-state index contributed by atoms with van der Waals surface area (Å²) >= 11 is 3.44. The van der Waals surface area contributed by atoms with Crippen LogP contribution in [-0.4, -0.2) is 24.0 Å². The monoisotopic (exact) mass is 415 g/mol. The lowest BCUT2D eigenvalue weighted by Gasteiger charge is -2.24. The minimum Gasteiger partial charge on any atom is -0.365 e. The number of pyridine rings is 1. The predicted octanol–water partition coefficient (Wildman–Crippen LogP) is 3.18. The molecule has 132 valence electrons. The Kier molecular flexibility index (Phi) is 4.24. The third-order valence-corrected chi connectivity index (χ3v) is 4.95. The summed E-state index contributed by atoms with van der Waals surface area (Å²) < 4.78 is 14.2. The average Bonchev–Trinajstić information content (AvgIpc) is 2.75. The minimum absolute atomic E-state index is 0.127. The number of hydrogen-bond donors (Lipinski definition) is 2. The number of rotatable bonds is 2. The van der Waals surface area contributed by atoms with E-state index in [-0.39, 0.29) is 11.5 Å². The quantitative estimate of drug-likeness (QED) is 0.675. The third-order valence-electron chi connectivity index (χ3n) is 4.46. The molecule has 0 atom stereocenters. The van der Waals surface area contributed by atoms with Crippen LogP contribution >= 0.6 is 15.9 Å². The van der Waals surface area contributed by atoms with E-state index in [1.165, 1.54) is 12.1 Å². The van der Waals surface area contributed by atoms with Gasteiger partial charge in [-0.15, -0.1) is 0 Å². The van der Waals surface area contributed by atoms with Crippen LogP contribution in [0.3, 0.4) is 0 Å². The van der Waals surface area contributed by atoms with E-state index < -0.39 is 5.82 Å². The summed E-state index contributed by atoms with van der Waals surface area (Å²) in [7, 11) is 0. The largest absolute Gasteiger partial charge is 0.365 e. The molecule has 0 saturated heterocycles. The standard InChI is InChI=1S/C19H15BrFN3O2/c20-13-2-4-15-17(8-13)24(6-5-22-19(15)26)10-12-7-11-1-3-14(21)9-16(11)23-18(12)25/h1-4,7-9H,5-6,10H2,(H,22,26)(H,23,25). The first kappa shape index (κ1) is 16.8. The Hall–Kier alpha value is -2.67. The highest BCUT2D eigenvalue weighted by molar-refractivity contribution is 9.10. The fourth-order valence-corrected chi connectivity index (χ4v) is 3.53. The van der Waals surface area contributed by atoms with E-state index in [4.69, 9.17) is 0 Å². The first-order valence-corrected chi connectivity index (χ1v) is 8.95.